The second-order valence-corrected chi connectivity index (χ2v) is 6.60. The first-order valence-corrected chi connectivity index (χ1v) is 8.16. The first-order chi connectivity index (χ1) is 10.2. The quantitative estimate of drug-likeness (QED) is 0.861. The zero-order valence-corrected chi connectivity index (χ0v) is 13.3. The molecule has 4 heteroatoms. The molecule has 0 saturated carbocycles. The summed E-state index contributed by atoms with van der Waals surface area (Å²) in [5.74, 6) is 0.148. The van der Waals surface area contributed by atoms with Crippen molar-refractivity contribution in [3.05, 3.63) is 52.2 Å². The Labute approximate surface area is 129 Å². The monoisotopic (exact) mass is 300 g/mol. The van der Waals surface area contributed by atoms with E-state index in [2.05, 4.69) is 17.5 Å². The fourth-order valence-electron chi connectivity index (χ4n) is 2.87. The lowest BCUT2D eigenvalue weighted by atomic mass is 10.1. The number of carbonyl (C=O) groups is 1. The van der Waals surface area contributed by atoms with E-state index >= 15 is 0 Å². The number of carbonyl (C=O) groups excluding carboxylic acids is 1. The fraction of sp³-hybridized carbons (Fsp3) is 0.353. The molecule has 1 aromatic heterocycles. The standard InChI is InChI=1S/C17H20N2OS/c1-18(2)14-7-3-6-13(12-14)17(20)19-10-4-8-15(19)16-9-5-11-21-16/h3,5-7,9,11-12,15H,4,8,10H2,1-2H3. The van der Waals surface area contributed by atoms with Crippen LogP contribution in [0.4, 0.5) is 5.69 Å². The van der Waals surface area contributed by atoms with Gasteiger partial charge in [-0.05, 0) is 42.5 Å². The highest BCUT2D eigenvalue weighted by molar-refractivity contribution is 7.10. The van der Waals surface area contributed by atoms with Gasteiger partial charge in [-0.3, -0.25) is 4.79 Å². The van der Waals surface area contributed by atoms with Crippen LogP contribution in [0.3, 0.4) is 0 Å². The number of likely N-dealkylation sites (tertiary alicyclic amines) is 1. The van der Waals surface area contributed by atoms with Crippen molar-refractivity contribution in [3.8, 4) is 0 Å². The first kappa shape index (κ1) is 14.1. The van der Waals surface area contributed by atoms with Gasteiger partial charge in [-0.15, -0.1) is 11.3 Å². The molecule has 110 valence electrons. The third kappa shape index (κ3) is 2.81. The number of nitrogens with zero attached hydrogens (tertiary/aromatic N) is 2. The summed E-state index contributed by atoms with van der Waals surface area (Å²) in [4.78, 5) is 18.2. The van der Waals surface area contributed by atoms with Gasteiger partial charge in [0.25, 0.3) is 5.91 Å². The zero-order chi connectivity index (χ0) is 14.8. The summed E-state index contributed by atoms with van der Waals surface area (Å²) in [5, 5.41) is 2.09. The van der Waals surface area contributed by atoms with Crippen molar-refractivity contribution in [2.24, 2.45) is 0 Å². The van der Waals surface area contributed by atoms with Crippen LogP contribution in [0, 0.1) is 0 Å². The van der Waals surface area contributed by atoms with Crippen LogP contribution in [0.1, 0.15) is 34.1 Å². The fourth-order valence-corrected chi connectivity index (χ4v) is 3.74. The van der Waals surface area contributed by atoms with E-state index in [0.29, 0.717) is 0 Å². The topological polar surface area (TPSA) is 23.6 Å². The van der Waals surface area contributed by atoms with Gasteiger partial charge in [-0.1, -0.05) is 12.1 Å². The predicted octanol–water partition coefficient (Wildman–Crippen LogP) is 3.79. The van der Waals surface area contributed by atoms with Crippen molar-refractivity contribution >= 4 is 22.9 Å². The van der Waals surface area contributed by atoms with Gasteiger partial charge in [0.2, 0.25) is 0 Å². The van der Waals surface area contributed by atoms with E-state index in [4.69, 9.17) is 0 Å². The Kier molecular flexibility index (Phi) is 3.97. The van der Waals surface area contributed by atoms with Crippen molar-refractivity contribution < 1.29 is 4.79 Å². The molecular weight excluding hydrogens is 280 g/mol. The predicted molar refractivity (Wildman–Crippen MR) is 88.1 cm³/mol. The molecule has 1 aliphatic heterocycles. The second-order valence-electron chi connectivity index (χ2n) is 5.62. The maximum absolute atomic E-state index is 12.8. The molecule has 21 heavy (non-hydrogen) atoms. The molecule has 1 amide bonds. The highest BCUT2D eigenvalue weighted by Crippen LogP contribution is 2.35. The molecule has 1 atom stereocenters. The van der Waals surface area contributed by atoms with E-state index < -0.39 is 0 Å². The zero-order valence-electron chi connectivity index (χ0n) is 12.5. The molecule has 0 bridgehead atoms. The Morgan fingerprint density at radius 1 is 1.29 bits per heavy atom. The first-order valence-electron chi connectivity index (χ1n) is 7.28. The summed E-state index contributed by atoms with van der Waals surface area (Å²) in [7, 11) is 3.99. The van der Waals surface area contributed by atoms with Gasteiger partial charge in [-0.2, -0.15) is 0 Å². The number of hydrogen-bond donors (Lipinski definition) is 0. The number of rotatable bonds is 3. The van der Waals surface area contributed by atoms with Crippen molar-refractivity contribution in [1.82, 2.24) is 4.90 Å². The molecule has 0 spiro atoms. The van der Waals surface area contributed by atoms with Gasteiger partial charge in [0.05, 0.1) is 6.04 Å². The molecular formula is C17H20N2OS. The molecule has 1 unspecified atom stereocenters. The van der Waals surface area contributed by atoms with Crippen molar-refractivity contribution in [3.63, 3.8) is 0 Å². The molecule has 2 heterocycles. The van der Waals surface area contributed by atoms with Crippen LogP contribution in [0.15, 0.2) is 41.8 Å². The van der Waals surface area contributed by atoms with Gasteiger partial charge in [0.1, 0.15) is 0 Å². The van der Waals surface area contributed by atoms with Crippen LogP contribution in [-0.4, -0.2) is 31.4 Å². The second kappa shape index (κ2) is 5.90. The number of hydrogen-bond acceptors (Lipinski definition) is 3. The summed E-state index contributed by atoms with van der Waals surface area (Å²) in [5.41, 5.74) is 1.84. The molecule has 0 radical (unpaired) electrons. The van der Waals surface area contributed by atoms with Crippen LogP contribution in [0.5, 0.6) is 0 Å². The molecule has 2 aromatic rings. The van der Waals surface area contributed by atoms with Crippen molar-refractivity contribution in [2.45, 2.75) is 18.9 Å². The summed E-state index contributed by atoms with van der Waals surface area (Å²) in [6.45, 7) is 0.855. The molecule has 1 fully saturated rings. The van der Waals surface area contributed by atoms with Crippen LogP contribution in [-0.2, 0) is 0 Å². The Morgan fingerprint density at radius 3 is 2.86 bits per heavy atom. The lowest BCUT2D eigenvalue weighted by molar-refractivity contribution is 0.0738. The maximum Gasteiger partial charge on any atom is 0.254 e. The van der Waals surface area contributed by atoms with E-state index in [0.717, 1.165) is 30.6 Å². The van der Waals surface area contributed by atoms with Gasteiger partial charge >= 0.3 is 0 Å². The van der Waals surface area contributed by atoms with Crippen molar-refractivity contribution in [1.29, 1.82) is 0 Å². The van der Waals surface area contributed by atoms with Crippen LogP contribution in [0.25, 0.3) is 0 Å². The highest BCUT2D eigenvalue weighted by atomic mass is 32.1. The van der Waals surface area contributed by atoms with Gasteiger partial charge < -0.3 is 9.80 Å². The molecule has 0 N–H and O–H groups in total. The molecule has 0 aliphatic carbocycles. The summed E-state index contributed by atoms with van der Waals surface area (Å²) in [6.07, 6.45) is 2.15. The Bertz CT molecular complexity index is 621. The minimum atomic E-state index is 0.148. The van der Waals surface area contributed by atoms with E-state index in [1.807, 2.05) is 48.2 Å². The highest BCUT2D eigenvalue weighted by Gasteiger charge is 2.31. The van der Waals surface area contributed by atoms with Crippen LogP contribution >= 0.6 is 11.3 Å². The minimum absolute atomic E-state index is 0.148. The molecule has 1 aromatic carbocycles. The third-order valence-electron chi connectivity index (χ3n) is 3.99. The molecule has 1 aliphatic rings. The number of benzene rings is 1. The van der Waals surface area contributed by atoms with E-state index in [9.17, 15) is 4.79 Å². The lowest BCUT2D eigenvalue weighted by Crippen LogP contribution is -2.30. The van der Waals surface area contributed by atoms with Gasteiger partial charge in [0.15, 0.2) is 0 Å². The minimum Gasteiger partial charge on any atom is -0.378 e. The van der Waals surface area contributed by atoms with Crippen LogP contribution in [0.2, 0.25) is 0 Å². The van der Waals surface area contributed by atoms with E-state index in [1.165, 1.54) is 4.88 Å². The number of anilines is 1. The lowest BCUT2D eigenvalue weighted by Gasteiger charge is -2.24. The average molecular weight is 300 g/mol. The van der Waals surface area contributed by atoms with E-state index in [-0.39, 0.29) is 11.9 Å². The third-order valence-corrected chi connectivity index (χ3v) is 4.97. The summed E-state index contributed by atoms with van der Waals surface area (Å²) >= 11 is 1.74. The molecule has 3 rings (SSSR count). The largest absolute Gasteiger partial charge is 0.378 e. The Hall–Kier alpha value is -1.81. The SMILES string of the molecule is CN(C)c1cccc(C(=O)N2CCCC2c2cccs2)c1. The Morgan fingerprint density at radius 2 is 2.14 bits per heavy atom. The molecule has 3 nitrogen and oxygen atoms in total. The summed E-state index contributed by atoms with van der Waals surface area (Å²) in [6, 6.07) is 12.3. The van der Waals surface area contributed by atoms with Gasteiger partial charge in [0, 0.05) is 36.8 Å². The van der Waals surface area contributed by atoms with Crippen molar-refractivity contribution in [2.75, 3.05) is 25.5 Å². The average Bonchev–Trinajstić information content (AvgIpc) is 3.17. The number of thiophene rings is 1. The number of amides is 1. The summed E-state index contributed by atoms with van der Waals surface area (Å²) < 4.78 is 0. The van der Waals surface area contributed by atoms with Gasteiger partial charge in [-0.25, -0.2) is 0 Å². The smallest absolute Gasteiger partial charge is 0.254 e. The van der Waals surface area contributed by atoms with E-state index in [1.54, 1.807) is 11.3 Å². The maximum atomic E-state index is 12.8. The normalized spacial score (nSPS) is 18.0. The van der Waals surface area contributed by atoms with Crippen LogP contribution < -0.4 is 4.90 Å². The Balaban J connectivity index is 1.86. The molecule has 1 saturated heterocycles.